The van der Waals surface area contributed by atoms with Crippen molar-refractivity contribution in [2.24, 2.45) is 11.5 Å². The van der Waals surface area contributed by atoms with E-state index >= 15 is 0 Å². The Labute approximate surface area is 80.6 Å². The molecule has 0 aliphatic carbocycles. The van der Waals surface area contributed by atoms with Crippen molar-refractivity contribution in [3.63, 3.8) is 0 Å². The summed E-state index contributed by atoms with van der Waals surface area (Å²) in [4.78, 5) is 41.9. The average Bonchev–Trinajstić information content (AvgIpc) is 2.11. The maximum atomic E-state index is 10.7. The van der Waals surface area contributed by atoms with Gasteiger partial charge < -0.3 is 11.5 Å². The first-order valence-electron chi connectivity index (χ1n) is 4.10. The second-order valence-corrected chi connectivity index (χ2v) is 2.78. The monoisotopic (exact) mass is 200 g/mol. The van der Waals surface area contributed by atoms with Crippen molar-refractivity contribution >= 4 is 23.4 Å². The lowest BCUT2D eigenvalue weighted by Gasteiger charge is -1.96. The quantitative estimate of drug-likeness (QED) is 0.390. The van der Waals surface area contributed by atoms with Crippen LogP contribution in [0.25, 0.3) is 0 Å². The van der Waals surface area contributed by atoms with Gasteiger partial charge in [-0.3, -0.25) is 19.2 Å². The summed E-state index contributed by atoms with van der Waals surface area (Å²) in [6.07, 6.45) is 0.699. The van der Waals surface area contributed by atoms with Crippen LogP contribution in [0.3, 0.4) is 0 Å². The van der Waals surface area contributed by atoms with E-state index in [1.807, 2.05) is 0 Å². The number of carbonyl (C=O) groups excluding carboxylic acids is 4. The summed E-state index contributed by atoms with van der Waals surface area (Å²) in [5.41, 5.74) is 9.39. The van der Waals surface area contributed by atoms with Crippen LogP contribution in [-0.2, 0) is 19.2 Å². The lowest BCUT2D eigenvalue weighted by molar-refractivity contribution is -0.136. The molecule has 0 saturated carbocycles. The van der Waals surface area contributed by atoms with E-state index in [4.69, 9.17) is 11.5 Å². The number of amides is 2. The number of primary amides is 2. The van der Waals surface area contributed by atoms with Crippen LogP contribution in [0.4, 0.5) is 0 Å². The minimum atomic E-state index is -0.980. The van der Waals surface area contributed by atoms with Crippen molar-refractivity contribution in [1.82, 2.24) is 0 Å². The molecule has 0 aliphatic rings. The maximum Gasteiger partial charge on any atom is 0.284 e. The Hall–Kier alpha value is -1.72. The van der Waals surface area contributed by atoms with E-state index in [1.54, 1.807) is 0 Å². The summed E-state index contributed by atoms with van der Waals surface area (Å²) in [6, 6.07) is 0. The molecule has 0 atom stereocenters. The fraction of sp³-hybridized carbons (Fsp3) is 0.500. The summed E-state index contributed by atoms with van der Waals surface area (Å²) in [5.74, 6) is -3.30. The zero-order chi connectivity index (χ0) is 11.1. The van der Waals surface area contributed by atoms with Gasteiger partial charge in [-0.25, -0.2) is 0 Å². The predicted octanol–water partition coefficient (Wildman–Crippen LogP) is -1.34. The van der Waals surface area contributed by atoms with Crippen molar-refractivity contribution in [2.75, 3.05) is 0 Å². The lowest BCUT2D eigenvalue weighted by Crippen LogP contribution is -2.24. The summed E-state index contributed by atoms with van der Waals surface area (Å²) in [6.45, 7) is 0. The maximum absolute atomic E-state index is 10.7. The third-order valence-corrected chi connectivity index (χ3v) is 1.61. The standard InChI is InChI=1S/C8H12N2O4/c9-7(13)5(11)3-1-2-4-6(12)8(10)14/h1-4H2,(H2,9,13)(H2,10,14). The number of Topliss-reactive ketones (excluding diaryl/α,β-unsaturated/α-hetero) is 2. The van der Waals surface area contributed by atoms with Crippen molar-refractivity contribution in [2.45, 2.75) is 25.7 Å². The van der Waals surface area contributed by atoms with Gasteiger partial charge in [-0.05, 0) is 12.8 Å². The SMILES string of the molecule is NC(=O)C(=O)CCCCC(=O)C(N)=O. The van der Waals surface area contributed by atoms with Crippen LogP contribution < -0.4 is 11.5 Å². The number of hydrogen-bond acceptors (Lipinski definition) is 4. The van der Waals surface area contributed by atoms with Crippen molar-refractivity contribution in [3.8, 4) is 0 Å². The van der Waals surface area contributed by atoms with Crippen LogP contribution >= 0.6 is 0 Å². The third-order valence-electron chi connectivity index (χ3n) is 1.61. The molecular formula is C8H12N2O4. The molecule has 4 N–H and O–H groups in total. The van der Waals surface area contributed by atoms with Gasteiger partial charge in [0.2, 0.25) is 11.6 Å². The fourth-order valence-electron chi connectivity index (χ4n) is 0.818. The average molecular weight is 200 g/mol. The molecule has 0 aromatic rings. The van der Waals surface area contributed by atoms with Gasteiger partial charge in [0.25, 0.3) is 11.8 Å². The minimum absolute atomic E-state index is 0.00136. The zero-order valence-corrected chi connectivity index (χ0v) is 7.62. The largest absolute Gasteiger partial charge is 0.363 e. The number of ketones is 2. The first-order valence-corrected chi connectivity index (χ1v) is 4.10. The van der Waals surface area contributed by atoms with E-state index < -0.39 is 23.4 Å². The molecule has 2 amide bonds. The summed E-state index contributed by atoms with van der Waals surface area (Å²) < 4.78 is 0. The van der Waals surface area contributed by atoms with Crippen molar-refractivity contribution in [1.29, 1.82) is 0 Å². The number of unbranched alkanes of at least 4 members (excludes halogenated alkanes) is 1. The van der Waals surface area contributed by atoms with Gasteiger partial charge in [-0.15, -0.1) is 0 Å². The van der Waals surface area contributed by atoms with E-state index in [-0.39, 0.29) is 12.8 Å². The van der Waals surface area contributed by atoms with E-state index in [9.17, 15) is 19.2 Å². The van der Waals surface area contributed by atoms with Gasteiger partial charge in [-0.2, -0.15) is 0 Å². The number of nitrogens with two attached hydrogens (primary N) is 2. The fourth-order valence-corrected chi connectivity index (χ4v) is 0.818. The molecule has 0 rings (SSSR count). The highest BCUT2D eigenvalue weighted by atomic mass is 16.2. The third kappa shape index (κ3) is 5.02. The topological polar surface area (TPSA) is 120 Å². The highest BCUT2D eigenvalue weighted by Crippen LogP contribution is 2.00. The summed E-state index contributed by atoms with van der Waals surface area (Å²) in [5, 5.41) is 0. The zero-order valence-electron chi connectivity index (χ0n) is 7.62. The number of rotatable bonds is 7. The molecule has 0 aromatic heterocycles. The smallest absolute Gasteiger partial charge is 0.284 e. The first kappa shape index (κ1) is 12.3. The first-order chi connectivity index (χ1) is 6.45. The van der Waals surface area contributed by atoms with E-state index in [0.717, 1.165) is 0 Å². The molecule has 6 nitrogen and oxygen atoms in total. The highest BCUT2D eigenvalue weighted by Gasteiger charge is 2.10. The molecule has 0 spiro atoms. The second kappa shape index (κ2) is 5.85. The second-order valence-electron chi connectivity index (χ2n) is 2.78. The Kier molecular flexibility index (Phi) is 5.13. The van der Waals surface area contributed by atoms with Crippen LogP contribution in [0.2, 0.25) is 0 Å². The normalized spacial score (nSPS) is 9.43. The van der Waals surface area contributed by atoms with Crippen LogP contribution in [0.1, 0.15) is 25.7 Å². The van der Waals surface area contributed by atoms with Crippen LogP contribution in [0, 0.1) is 0 Å². The minimum Gasteiger partial charge on any atom is -0.363 e. The van der Waals surface area contributed by atoms with Gasteiger partial charge in [-0.1, -0.05) is 0 Å². The molecule has 0 heterocycles. The molecule has 0 unspecified atom stereocenters. The van der Waals surface area contributed by atoms with Crippen LogP contribution in [0.15, 0.2) is 0 Å². The Morgan fingerprint density at radius 3 is 1.21 bits per heavy atom. The van der Waals surface area contributed by atoms with Gasteiger partial charge in [0.05, 0.1) is 0 Å². The Balaban J connectivity index is 3.57. The van der Waals surface area contributed by atoms with E-state index in [2.05, 4.69) is 0 Å². The molecule has 14 heavy (non-hydrogen) atoms. The molecule has 0 aromatic carbocycles. The Bertz CT molecular complexity index is 245. The van der Waals surface area contributed by atoms with Gasteiger partial charge >= 0.3 is 0 Å². The van der Waals surface area contributed by atoms with Gasteiger partial charge in [0, 0.05) is 12.8 Å². The number of hydrogen-bond donors (Lipinski definition) is 2. The van der Waals surface area contributed by atoms with Crippen LogP contribution in [0.5, 0.6) is 0 Å². The summed E-state index contributed by atoms with van der Waals surface area (Å²) >= 11 is 0. The summed E-state index contributed by atoms with van der Waals surface area (Å²) in [7, 11) is 0. The molecule has 0 aliphatic heterocycles. The van der Waals surface area contributed by atoms with E-state index in [1.165, 1.54) is 0 Å². The molecule has 0 radical (unpaired) electrons. The molecule has 78 valence electrons. The predicted molar refractivity (Wildman–Crippen MR) is 46.9 cm³/mol. The highest BCUT2D eigenvalue weighted by molar-refractivity contribution is 6.36. The molecular weight excluding hydrogens is 188 g/mol. The molecule has 0 bridgehead atoms. The Morgan fingerprint density at radius 1 is 0.714 bits per heavy atom. The Morgan fingerprint density at radius 2 is 1.00 bits per heavy atom. The van der Waals surface area contributed by atoms with Crippen molar-refractivity contribution in [3.05, 3.63) is 0 Å². The van der Waals surface area contributed by atoms with Gasteiger partial charge in [0.15, 0.2) is 0 Å². The molecule has 6 heteroatoms. The van der Waals surface area contributed by atoms with E-state index in [0.29, 0.717) is 12.8 Å². The van der Waals surface area contributed by atoms with Crippen LogP contribution in [-0.4, -0.2) is 23.4 Å². The molecule has 0 saturated heterocycles. The molecule has 0 fully saturated rings. The number of carbonyl (C=O) groups is 4. The van der Waals surface area contributed by atoms with Crippen molar-refractivity contribution < 1.29 is 19.2 Å². The van der Waals surface area contributed by atoms with Gasteiger partial charge in [0.1, 0.15) is 0 Å². The lowest BCUT2D eigenvalue weighted by atomic mass is 10.1.